The second-order valence-electron chi connectivity index (χ2n) is 29.6. The summed E-state index contributed by atoms with van der Waals surface area (Å²) in [6.07, 6.45) is 10.5. The molecule has 2 aliphatic heterocycles. The van der Waals surface area contributed by atoms with Gasteiger partial charge >= 0.3 is 0 Å². The number of fused-ring (bicyclic) bond motifs is 8. The Kier molecular flexibility index (Phi) is 14.3. The van der Waals surface area contributed by atoms with Crippen molar-refractivity contribution < 1.29 is 0 Å². The van der Waals surface area contributed by atoms with E-state index in [1.807, 2.05) is 24.5 Å². The predicted molar refractivity (Wildman–Crippen MR) is 358 cm³/mol. The monoisotopic (exact) mass is 1100 g/mol. The molecule has 11 rings (SSSR count). The van der Waals surface area contributed by atoms with E-state index in [1.165, 1.54) is 33.4 Å². The first-order valence-electron chi connectivity index (χ1n) is 30.0. The van der Waals surface area contributed by atoms with Crippen molar-refractivity contribution in [2.24, 2.45) is 0 Å². The molecule has 8 bridgehead atoms. The quantitative estimate of drug-likeness (QED) is 0.174. The van der Waals surface area contributed by atoms with E-state index in [2.05, 4.69) is 280 Å². The van der Waals surface area contributed by atoms with Crippen LogP contribution in [0.2, 0.25) is 0 Å². The maximum absolute atomic E-state index is 6.04. The Morgan fingerprint density at radius 2 is 0.714 bits per heavy atom. The molecule has 0 spiro atoms. The van der Waals surface area contributed by atoms with Gasteiger partial charge in [-0.1, -0.05) is 222 Å². The number of benzene rings is 4. The Balaban J connectivity index is 1.45. The van der Waals surface area contributed by atoms with Gasteiger partial charge in [0, 0.05) is 62.3 Å². The fourth-order valence-corrected chi connectivity index (χ4v) is 11.5. The van der Waals surface area contributed by atoms with Crippen molar-refractivity contribution in [3.63, 3.8) is 0 Å². The maximum Gasteiger partial charge on any atom is 0.0831 e. The molecule has 84 heavy (non-hydrogen) atoms. The third-order valence-electron chi connectivity index (χ3n) is 16.8. The number of hydrogen-bond acceptors (Lipinski definition) is 4. The van der Waals surface area contributed by atoms with E-state index in [0.29, 0.717) is 0 Å². The molecule has 0 radical (unpaired) electrons. The van der Waals surface area contributed by atoms with Crippen LogP contribution in [0.25, 0.3) is 102 Å². The van der Waals surface area contributed by atoms with Gasteiger partial charge in [0.25, 0.3) is 0 Å². The normalized spacial score (nSPS) is 13.4. The van der Waals surface area contributed by atoms with Gasteiger partial charge in [0.15, 0.2) is 0 Å². The summed E-state index contributed by atoms with van der Waals surface area (Å²) in [7, 11) is 0. The molecule has 0 amide bonds. The standard InChI is InChI=1S/C78H84N6/c1-73(2,3)51-36-48(37-52(42-51)74(4,5)6)67-61-30-32-63(81-61)68(49-38-53(75(7,8)9)43-54(39-49)76(10,11)12)65-45-57(59-28-22-24-34-79-59)71(83-65)70(47-26-20-19-21-27-47)72-58(60-29-23-25-35-80-60)46-66(84-72)69(64-33-31-62(67)82-64)50-40-55(77(13,14)15)44-56(41-50)78(16,17)18/h19-46,81,84H,1-18H3. The van der Waals surface area contributed by atoms with Gasteiger partial charge < -0.3 is 9.97 Å². The van der Waals surface area contributed by atoms with Crippen LogP contribution >= 0.6 is 0 Å². The lowest BCUT2D eigenvalue weighted by molar-refractivity contribution is 0.568. The largest absolute Gasteiger partial charge is 0.354 e. The number of aromatic amines is 2. The second kappa shape index (κ2) is 20.8. The number of nitrogens with one attached hydrogen (secondary N) is 2. The molecule has 6 heteroatoms. The van der Waals surface area contributed by atoms with Crippen molar-refractivity contribution in [1.82, 2.24) is 29.9 Å². The molecule has 9 aromatic rings. The lowest BCUT2D eigenvalue weighted by atomic mass is 9.78. The molecular formula is C78H84N6. The van der Waals surface area contributed by atoms with Gasteiger partial charge in [-0.15, -0.1) is 0 Å². The van der Waals surface area contributed by atoms with E-state index in [1.54, 1.807) is 0 Å². The number of hydrogen-bond donors (Lipinski definition) is 2. The van der Waals surface area contributed by atoms with Gasteiger partial charge in [0.2, 0.25) is 0 Å². The first-order chi connectivity index (χ1) is 39.4. The SMILES string of the molecule is CC(C)(C)c1cc(-c2c3nc(c(-c4cc(C(C)(C)C)cc(C(C)(C)C)c4)c4cc(-c5ccccn5)c([nH]4)c(-c4ccccc4)c4nc(c(-c5cc(C(C)(C)C)cc(C(C)(C)C)c5)c5ccc2[nH]5)C=C4c2ccccn2)C=C3)cc(C(C)(C)C)c1. The minimum absolute atomic E-state index is 0.132. The Hall–Kier alpha value is -8.22. The summed E-state index contributed by atoms with van der Waals surface area (Å²) in [5.74, 6) is 0. The highest BCUT2D eigenvalue weighted by Crippen LogP contribution is 2.47. The summed E-state index contributed by atoms with van der Waals surface area (Å²) < 4.78 is 0. The molecule has 6 nitrogen and oxygen atoms in total. The van der Waals surface area contributed by atoms with Gasteiger partial charge in [0.05, 0.1) is 39.7 Å². The van der Waals surface area contributed by atoms with Crippen LogP contribution in [0.15, 0.2) is 152 Å². The van der Waals surface area contributed by atoms with Crippen LogP contribution < -0.4 is 0 Å². The molecule has 0 atom stereocenters. The Morgan fingerprint density at radius 3 is 1.12 bits per heavy atom. The average Bonchev–Trinajstić information content (AvgIpc) is 1.68. The Morgan fingerprint density at radius 1 is 0.321 bits per heavy atom. The number of H-pyrrole nitrogens is 2. The zero-order chi connectivity index (χ0) is 60.1. The highest BCUT2D eigenvalue weighted by Gasteiger charge is 2.30. The van der Waals surface area contributed by atoms with E-state index in [-0.39, 0.29) is 32.5 Å². The van der Waals surface area contributed by atoms with Gasteiger partial charge in [-0.3, -0.25) is 9.97 Å². The van der Waals surface area contributed by atoms with E-state index in [4.69, 9.17) is 19.9 Å². The molecular weight excluding hydrogens is 1020 g/mol. The molecule has 0 fully saturated rings. The van der Waals surface area contributed by atoms with E-state index in [0.717, 1.165) is 112 Å². The summed E-state index contributed by atoms with van der Waals surface area (Å²) in [6.45, 7) is 41.6. The number of rotatable bonds is 6. The average molecular weight is 1110 g/mol. The summed E-state index contributed by atoms with van der Waals surface area (Å²) >= 11 is 0. The second-order valence-corrected chi connectivity index (χ2v) is 29.6. The molecule has 7 heterocycles. The minimum atomic E-state index is -0.149. The first-order valence-corrected chi connectivity index (χ1v) is 30.0. The molecule has 0 saturated heterocycles. The van der Waals surface area contributed by atoms with Crippen molar-refractivity contribution in [3.05, 3.63) is 214 Å². The Bertz CT molecular complexity index is 4160. The van der Waals surface area contributed by atoms with Crippen LogP contribution in [-0.2, 0) is 32.5 Å². The number of nitrogens with zero attached hydrogens (tertiary/aromatic N) is 4. The van der Waals surface area contributed by atoms with Gasteiger partial charge in [-0.25, -0.2) is 9.97 Å². The summed E-state index contributed by atoms with van der Waals surface area (Å²) in [5.41, 5.74) is 25.6. The lowest BCUT2D eigenvalue weighted by Crippen LogP contribution is -2.16. The molecule has 0 saturated carbocycles. The third kappa shape index (κ3) is 11.3. The summed E-state index contributed by atoms with van der Waals surface area (Å²) in [4.78, 5) is 30.6. The Labute approximate surface area is 499 Å². The topological polar surface area (TPSA) is 83.1 Å². The van der Waals surface area contributed by atoms with Crippen molar-refractivity contribution >= 4 is 45.9 Å². The number of aromatic nitrogens is 6. The molecule has 4 aromatic carbocycles. The first kappa shape index (κ1) is 57.6. The fraction of sp³-hybridized carbons (Fsp3) is 0.308. The number of pyridine rings is 2. The summed E-state index contributed by atoms with van der Waals surface area (Å²) in [6, 6.07) is 51.5. The maximum atomic E-state index is 6.04. The van der Waals surface area contributed by atoms with Gasteiger partial charge in [-0.05, 0) is 149 Å². The van der Waals surface area contributed by atoms with Crippen molar-refractivity contribution in [3.8, 4) is 55.8 Å². The van der Waals surface area contributed by atoms with E-state index in [9.17, 15) is 0 Å². The van der Waals surface area contributed by atoms with Crippen LogP contribution in [-0.4, -0.2) is 29.9 Å². The van der Waals surface area contributed by atoms with Gasteiger partial charge in [-0.2, -0.15) is 0 Å². The molecule has 2 N–H and O–H groups in total. The van der Waals surface area contributed by atoms with E-state index >= 15 is 0 Å². The van der Waals surface area contributed by atoms with Crippen LogP contribution in [0.5, 0.6) is 0 Å². The van der Waals surface area contributed by atoms with Gasteiger partial charge in [0.1, 0.15) is 0 Å². The highest BCUT2D eigenvalue weighted by atomic mass is 14.8. The summed E-state index contributed by atoms with van der Waals surface area (Å²) in [5, 5.41) is 0. The predicted octanol–water partition coefficient (Wildman–Crippen LogP) is 21.0. The highest BCUT2D eigenvalue weighted by molar-refractivity contribution is 6.08. The fourth-order valence-electron chi connectivity index (χ4n) is 11.5. The molecule has 0 aliphatic carbocycles. The molecule has 5 aromatic heterocycles. The van der Waals surface area contributed by atoms with Crippen molar-refractivity contribution in [2.45, 2.75) is 157 Å². The van der Waals surface area contributed by atoms with Crippen LogP contribution in [0, 0.1) is 0 Å². The molecule has 0 unspecified atom stereocenters. The van der Waals surface area contributed by atoms with Crippen molar-refractivity contribution in [1.29, 1.82) is 0 Å². The van der Waals surface area contributed by atoms with Crippen molar-refractivity contribution in [2.75, 3.05) is 0 Å². The van der Waals surface area contributed by atoms with Crippen LogP contribution in [0.3, 0.4) is 0 Å². The molecule has 426 valence electrons. The van der Waals surface area contributed by atoms with Crippen LogP contribution in [0.4, 0.5) is 0 Å². The lowest BCUT2D eigenvalue weighted by Gasteiger charge is -2.26. The zero-order valence-electron chi connectivity index (χ0n) is 53.0. The third-order valence-corrected chi connectivity index (χ3v) is 16.8. The van der Waals surface area contributed by atoms with E-state index < -0.39 is 0 Å². The van der Waals surface area contributed by atoms with Crippen LogP contribution in [0.1, 0.15) is 186 Å². The molecule has 2 aliphatic rings. The smallest absolute Gasteiger partial charge is 0.0831 e. The minimum Gasteiger partial charge on any atom is -0.354 e. The zero-order valence-corrected chi connectivity index (χ0v) is 53.0.